The maximum absolute atomic E-state index is 13.6. The maximum atomic E-state index is 13.6. The number of hydrogen-bond donors (Lipinski definition) is 3. The number of nitrogens with zero attached hydrogens (tertiary/aromatic N) is 2. The van der Waals surface area contributed by atoms with Crippen molar-refractivity contribution < 1.29 is 33.7 Å². The van der Waals surface area contributed by atoms with Crippen molar-refractivity contribution in [1.82, 2.24) is 9.78 Å². The number of anilines is 2. The highest BCUT2D eigenvalue weighted by atomic mass is 35.5. The third-order valence-corrected chi connectivity index (χ3v) is 7.41. The molecule has 0 saturated carbocycles. The average molecular weight is 649 g/mol. The van der Waals surface area contributed by atoms with Crippen LogP contribution in [-0.2, 0) is 14.3 Å². The Hall–Kier alpha value is -4.87. The SMILES string of the molecule is CCC(OCNc1ccc(Cl)c(NC(=O)C(C(=O)Oc2c(C)cc(C)cc2C)n2cc(C(=O)O)cn2)c1)Oc1ccc(C)cc1C. The van der Waals surface area contributed by atoms with Crippen molar-refractivity contribution in [1.29, 1.82) is 0 Å². The Balaban J connectivity index is 1.49. The number of esters is 1. The summed E-state index contributed by atoms with van der Waals surface area (Å²) in [4.78, 5) is 38.7. The fourth-order valence-electron chi connectivity index (χ4n) is 4.87. The normalized spacial score (nSPS) is 12.2. The number of nitrogens with one attached hydrogen (secondary N) is 2. The van der Waals surface area contributed by atoms with Crippen molar-refractivity contribution in [3.05, 3.63) is 99.3 Å². The average Bonchev–Trinajstić information content (AvgIpc) is 3.47. The molecule has 0 bridgehead atoms. The molecular formula is C34H37ClN4O7. The predicted molar refractivity (Wildman–Crippen MR) is 175 cm³/mol. The maximum Gasteiger partial charge on any atom is 0.346 e. The van der Waals surface area contributed by atoms with E-state index in [1.165, 1.54) is 0 Å². The van der Waals surface area contributed by atoms with Crippen molar-refractivity contribution in [3.8, 4) is 11.5 Å². The monoisotopic (exact) mass is 648 g/mol. The van der Waals surface area contributed by atoms with E-state index >= 15 is 0 Å². The van der Waals surface area contributed by atoms with Crippen molar-refractivity contribution in [2.24, 2.45) is 0 Å². The first-order valence-corrected chi connectivity index (χ1v) is 15.0. The molecule has 3 aromatic carbocycles. The summed E-state index contributed by atoms with van der Waals surface area (Å²) >= 11 is 6.42. The molecule has 0 saturated heterocycles. The van der Waals surface area contributed by atoms with Crippen LogP contribution in [0.1, 0.15) is 57.6 Å². The topological polar surface area (TPSA) is 141 Å². The van der Waals surface area contributed by atoms with E-state index in [1.807, 2.05) is 58.0 Å². The van der Waals surface area contributed by atoms with Crippen LogP contribution in [-0.4, -0.2) is 45.8 Å². The lowest BCUT2D eigenvalue weighted by atomic mass is 10.1. The molecule has 4 aromatic rings. The quantitative estimate of drug-likeness (QED) is 0.0620. The minimum atomic E-state index is -1.67. The predicted octanol–water partition coefficient (Wildman–Crippen LogP) is 6.76. The van der Waals surface area contributed by atoms with Gasteiger partial charge in [0, 0.05) is 18.3 Å². The van der Waals surface area contributed by atoms with Crippen LogP contribution in [0.15, 0.2) is 60.9 Å². The molecule has 2 atom stereocenters. The number of benzene rings is 3. The summed E-state index contributed by atoms with van der Waals surface area (Å²) in [5.74, 6) is -2.02. The number of halogens is 1. The summed E-state index contributed by atoms with van der Waals surface area (Å²) in [5.41, 5.74) is 5.09. The fraction of sp³-hybridized carbons (Fsp3) is 0.294. The molecule has 11 nitrogen and oxygen atoms in total. The lowest BCUT2D eigenvalue weighted by molar-refractivity contribution is -0.142. The highest BCUT2D eigenvalue weighted by Crippen LogP contribution is 2.29. The molecule has 0 aliphatic rings. The van der Waals surface area contributed by atoms with E-state index in [-0.39, 0.29) is 23.0 Å². The van der Waals surface area contributed by atoms with E-state index in [2.05, 4.69) is 15.7 Å². The number of rotatable bonds is 13. The summed E-state index contributed by atoms with van der Waals surface area (Å²) in [7, 11) is 0. The van der Waals surface area contributed by atoms with Gasteiger partial charge in [0.15, 0.2) is 0 Å². The zero-order chi connectivity index (χ0) is 33.5. The van der Waals surface area contributed by atoms with Gasteiger partial charge < -0.3 is 30.0 Å². The highest BCUT2D eigenvalue weighted by Gasteiger charge is 2.33. The Bertz CT molecular complexity index is 1730. The summed E-state index contributed by atoms with van der Waals surface area (Å²) < 4.78 is 18.6. The van der Waals surface area contributed by atoms with Crippen LogP contribution >= 0.6 is 11.6 Å². The first-order valence-electron chi connectivity index (χ1n) is 14.6. The molecule has 1 aromatic heterocycles. The smallest absolute Gasteiger partial charge is 0.346 e. The van der Waals surface area contributed by atoms with Gasteiger partial charge in [0.25, 0.3) is 5.91 Å². The molecule has 1 amide bonds. The van der Waals surface area contributed by atoms with Crippen LogP contribution in [0.3, 0.4) is 0 Å². The number of aromatic carboxylic acids is 1. The van der Waals surface area contributed by atoms with Gasteiger partial charge >= 0.3 is 11.9 Å². The number of amides is 1. The van der Waals surface area contributed by atoms with Gasteiger partial charge in [-0.05, 0) is 75.6 Å². The van der Waals surface area contributed by atoms with Crippen LogP contribution in [0, 0.1) is 34.6 Å². The number of ether oxygens (including phenoxy) is 3. The van der Waals surface area contributed by atoms with Gasteiger partial charge in [-0.3, -0.25) is 4.79 Å². The van der Waals surface area contributed by atoms with E-state index in [9.17, 15) is 19.5 Å². The molecule has 0 aliphatic carbocycles. The highest BCUT2D eigenvalue weighted by molar-refractivity contribution is 6.34. The molecule has 12 heteroatoms. The standard InChI is InChI=1S/C34H37ClN4O7/c1-7-29(45-28-11-8-19(2)12-21(28)4)44-18-36-25-9-10-26(35)27(15-25)38-32(40)30(39-17-24(16-37-39)33(41)42)34(43)46-31-22(5)13-20(3)14-23(31)6/h8-17,29-30,36H,7,18H2,1-6H3,(H,38,40)(H,41,42). The number of carbonyl (C=O) groups is 3. The van der Waals surface area contributed by atoms with Gasteiger partial charge in [0.2, 0.25) is 12.3 Å². The van der Waals surface area contributed by atoms with Crippen LogP contribution in [0.4, 0.5) is 11.4 Å². The van der Waals surface area contributed by atoms with Crippen LogP contribution < -0.4 is 20.1 Å². The van der Waals surface area contributed by atoms with Crippen molar-refractivity contribution >= 4 is 40.8 Å². The van der Waals surface area contributed by atoms with Crippen molar-refractivity contribution in [3.63, 3.8) is 0 Å². The van der Waals surface area contributed by atoms with Gasteiger partial charge in [0.05, 0.1) is 22.5 Å². The summed E-state index contributed by atoms with van der Waals surface area (Å²) in [6.45, 7) is 11.5. The summed E-state index contributed by atoms with van der Waals surface area (Å²) in [5, 5.41) is 19.4. The lowest BCUT2D eigenvalue weighted by Gasteiger charge is -2.21. The molecule has 242 valence electrons. The third-order valence-electron chi connectivity index (χ3n) is 7.08. The van der Waals surface area contributed by atoms with E-state index in [4.69, 9.17) is 25.8 Å². The van der Waals surface area contributed by atoms with Gasteiger partial charge in [-0.1, -0.05) is 53.9 Å². The fourth-order valence-corrected chi connectivity index (χ4v) is 5.03. The van der Waals surface area contributed by atoms with Crippen LogP contribution in [0.2, 0.25) is 5.02 Å². The Kier molecular flexibility index (Phi) is 11.0. The van der Waals surface area contributed by atoms with Gasteiger partial charge in [-0.15, -0.1) is 0 Å². The zero-order valence-corrected chi connectivity index (χ0v) is 27.3. The molecule has 1 heterocycles. The Morgan fingerprint density at radius 3 is 2.28 bits per heavy atom. The first-order chi connectivity index (χ1) is 21.9. The number of aromatic nitrogens is 2. The molecule has 0 aliphatic heterocycles. The Morgan fingerprint density at radius 2 is 1.65 bits per heavy atom. The molecule has 0 radical (unpaired) electrons. The van der Waals surface area contributed by atoms with E-state index in [0.717, 1.165) is 39.5 Å². The molecule has 3 N–H and O–H groups in total. The molecule has 4 rings (SSSR count). The molecule has 0 fully saturated rings. The van der Waals surface area contributed by atoms with Crippen LogP contribution in [0.5, 0.6) is 11.5 Å². The molecular weight excluding hydrogens is 612 g/mol. The lowest BCUT2D eigenvalue weighted by Crippen LogP contribution is -2.35. The van der Waals surface area contributed by atoms with E-state index in [1.54, 1.807) is 32.0 Å². The number of hydrogen-bond acceptors (Lipinski definition) is 8. The number of carboxylic acid groups (broad SMARTS) is 1. The van der Waals surface area contributed by atoms with Crippen LogP contribution in [0.25, 0.3) is 0 Å². The number of carboxylic acids is 1. The van der Waals surface area contributed by atoms with Gasteiger partial charge in [-0.2, -0.15) is 5.10 Å². The molecule has 46 heavy (non-hydrogen) atoms. The number of carbonyl (C=O) groups excluding carboxylic acids is 2. The van der Waals surface area contributed by atoms with E-state index < -0.39 is 30.2 Å². The largest absolute Gasteiger partial charge is 0.478 e. The molecule has 2 unspecified atom stereocenters. The second-order valence-electron chi connectivity index (χ2n) is 11.0. The van der Waals surface area contributed by atoms with Crippen molar-refractivity contribution in [2.45, 2.75) is 60.3 Å². The van der Waals surface area contributed by atoms with Crippen molar-refractivity contribution in [2.75, 3.05) is 17.4 Å². The zero-order valence-electron chi connectivity index (χ0n) is 26.5. The third kappa shape index (κ3) is 8.43. The Labute approximate surface area is 272 Å². The second-order valence-corrected chi connectivity index (χ2v) is 11.4. The second kappa shape index (κ2) is 14.9. The van der Waals surface area contributed by atoms with Gasteiger partial charge in [0.1, 0.15) is 18.2 Å². The summed E-state index contributed by atoms with van der Waals surface area (Å²) in [6.07, 6.45) is 2.23. The first kappa shape index (κ1) is 34.0. The Morgan fingerprint density at radius 1 is 0.957 bits per heavy atom. The minimum Gasteiger partial charge on any atom is -0.478 e. The number of aryl methyl sites for hydroxylation is 5. The van der Waals surface area contributed by atoms with E-state index in [0.29, 0.717) is 29.0 Å². The minimum absolute atomic E-state index is 0.0912. The van der Waals surface area contributed by atoms with Gasteiger partial charge in [-0.25, -0.2) is 14.3 Å². The summed E-state index contributed by atoms with van der Waals surface area (Å²) in [6, 6.07) is 12.8. The molecule has 0 spiro atoms.